The molecule has 2 aliphatic rings. The van der Waals surface area contributed by atoms with Crippen LogP contribution >= 0.6 is 0 Å². The zero-order valence-electron chi connectivity index (χ0n) is 13.1. The van der Waals surface area contributed by atoms with Crippen LogP contribution in [-0.4, -0.2) is 54.5 Å². The van der Waals surface area contributed by atoms with Crippen molar-refractivity contribution in [2.45, 2.75) is 31.8 Å². The average molecular weight is 305 g/mol. The molecule has 22 heavy (non-hydrogen) atoms. The lowest BCUT2D eigenvalue weighted by Gasteiger charge is -2.40. The number of amides is 1. The topological polar surface area (TPSA) is 35.6 Å². The molecule has 0 aliphatic carbocycles. The third-order valence-corrected chi connectivity index (χ3v) is 4.72. The van der Waals surface area contributed by atoms with E-state index in [0.29, 0.717) is 0 Å². The number of carbonyl (C=O) groups excluding carboxylic acids is 1. The second-order valence-electron chi connectivity index (χ2n) is 6.28. The van der Waals surface area contributed by atoms with E-state index in [1.54, 1.807) is 12.1 Å². The van der Waals surface area contributed by atoms with Crippen LogP contribution in [-0.2, 0) is 4.79 Å². The van der Waals surface area contributed by atoms with Crippen molar-refractivity contribution in [3.05, 3.63) is 35.6 Å². The van der Waals surface area contributed by atoms with Gasteiger partial charge in [0.1, 0.15) is 11.9 Å². The van der Waals surface area contributed by atoms with E-state index in [1.807, 2.05) is 4.90 Å². The van der Waals surface area contributed by atoms with E-state index < -0.39 is 0 Å². The lowest BCUT2D eigenvalue weighted by Crippen LogP contribution is -2.54. The van der Waals surface area contributed by atoms with Gasteiger partial charge in [0.05, 0.1) is 0 Å². The SMILES string of the molecule is CC1CNCCN1C(C(=O)N1CCCC1)c1ccc(F)cc1. The van der Waals surface area contributed by atoms with Gasteiger partial charge >= 0.3 is 0 Å². The molecule has 1 N–H and O–H groups in total. The van der Waals surface area contributed by atoms with E-state index in [0.717, 1.165) is 51.1 Å². The Morgan fingerprint density at radius 3 is 2.55 bits per heavy atom. The Bertz CT molecular complexity index is 513. The van der Waals surface area contributed by atoms with Gasteiger partial charge in [0.2, 0.25) is 5.91 Å². The Balaban J connectivity index is 1.90. The summed E-state index contributed by atoms with van der Waals surface area (Å²) in [6, 6.07) is 6.40. The predicted molar refractivity (Wildman–Crippen MR) is 84.0 cm³/mol. The van der Waals surface area contributed by atoms with Crippen molar-refractivity contribution in [2.75, 3.05) is 32.7 Å². The molecule has 2 saturated heterocycles. The fraction of sp³-hybridized carbons (Fsp3) is 0.588. The minimum Gasteiger partial charge on any atom is -0.341 e. The maximum atomic E-state index is 13.3. The van der Waals surface area contributed by atoms with E-state index in [1.165, 1.54) is 12.1 Å². The third-order valence-electron chi connectivity index (χ3n) is 4.72. The Kier molecular flexibility index (Phi) is 4.74. The van der Waals surface area contributed by atoms with Crippen molar-refractivity contribution in [3.63, 3.8) is 0 Å². The first-order valence-electron chi connectivity index (χ1n) is 8.17. The number of piperazine rings is 1. The van der Waals surface area contributed by atoms with Gasteiger partial charge < -0.3 is 10.2 Å². The zero-order chi connectivity index (χ0) is 15.5. The molecule has 2 heterocycles. The fourth-order valence-electron chi connectivity index (χ4n) is 3.47. The monoisotopic (exact) mass is 305 g/mol. The first-order chi connectivity index (χ1) is 10.7. The Hall–Kier alpha value is -1.46. The van der Waals surface area contributed by atoms with Crippen molar-refractivity contribution >= 4 is 5.91 Å². The van der Waals surface area contributed by atoms with Crippen molar-refractivity contribution < 1.29 is 9.18 Å². The first kappa shape index (κ1) is 15.4. The summed E-state index contributed by atoms with van der Waals surface area (Å²) in [5.74, 6) is -0.0951. The van der Waals surface area contributed by atoms with Crippen LogP contribution in [0.5, 0.6) is 0 Å². The summed E-state index contributed by atoms with van der Waals surface area (Å²) < 4.78 is 13.3. The molecule has 1 aromatic rings. The second-order valence-corrected chi connectivity index (χ2v) is 6.28. The molecule has 2 atom stereocenters. The molecular formula is C17H24FN3O. The number of nitrogens with one attached hydrogen (secondary N) is 1. The van der Waals surface area contributed by atoms with E-state index in [4.69, 9.17) is 0 Å². The number of carbonyl (C=O) groups is 1. The van der Waals surface area contributed by atoms with Crippen LogP contribution in [0.25, 0.3) is 0 Å². The number of halogens is 1. The van der Waals surface area contributed by atoms with Gasteiger partial charge in [-0.25, -0.2) is 4.39 Å². The van der Waals surface area contributed by atoms with Crippen molar-refractivity contribution in [1.29, 1.82) is 0 Å². The number of rotatable bonds is 3. The van der Waals surface area contributed by atoms with E-state index in [2.05, 4.69) is 17.1 Å². The van der Waals surface area contributed by atoms with Gasteiger partial charge in [0, 0.05) is 38.8 Å². The van der Waals surface area contributed by atoms with E-state index >= 15 is 0 Å². The maximum absolute atomic E-state index is 13.3. The summed E-state index contributed by atoms with van der Waals surface area (Å²) in [4.78, 5) is 17.3. The van der Waals surface area contributed by atoms with Crippen molar-refractivity contribution in [3.8, 4) is 0 Å². The molecule has 1 aromatic carbocycles. The largest absolute Gasteiger partial charge is 0.341 e. The average Bonchev–Trinajstić information content (AvgIpc) is 3.05. The summed E-state index contributed by atoms with van der Waals surface area (Å²) in [5, 5.41) is 3.36. The molecule has 2 fully saturated rings. The number of benzene rings is 1. The summed E-state index contributed by atoms with van der Waals surface area (Å²) in [7, 11) is 0. The normalized spacial score (nSPS) is 24.5. The van der Waals surface area contributed by atoms with Gasteiger partial charge in [-0.1, -0.05) is 12.1 Å². The quantitative estimate of drug-likeness (QED) is 0.925. The van der Waals surface area contributed by atoms with Gasteiger partial charge in [0.15, 0.2) is 0 Å². The molecule has 2 aliphatic heterocycles. The highest BCUT2D eigenvalue weighted by Gasteiger charge is 2.35. The van der Waals surface area contributed by atoms with Gasteiger partial charge in [0.25, 0.3) is 0 Å². The molecule has 2 unspecified atom stereocenters. The van der Waals surface area contributed by atoms with Crippen LogP contribution in [0.2, 0.25) is 0 Å². The van der Waals surface area contributed by atoms with Gasteiger partial charge in [-0.2, -0.15) is 0 Å². The van der Waals surface area contributed by atoms with Crippen LogP contribution < -0.4 is 5.32 Å². The summed E-state index contributed by atoms with van der Waals surface area (Å²) in [6.07, 6.45) is 2.16. The van der Waals surface area contributed by atoms with Gasteiger partial charge in [-0.05, 0) is 37.5 Å². The Labute approximate surface area is 131 Å². The van der Waals surface area contributed by atoms with Crippen molar-refractivity contribution in [2.24, 2.45) is 0 Å². The van der Waals surface area contributed by atoms with Crippen LogP contribution in [0, 0.1) is 5.82 Å². The van der Waals surface area contributed by atoms with E-state index in [-0.39, 0.29) is 23.8 Å². The lowest BCUT2D eigenvalue weighted by atomic mass is 10.0. The molecule has 0 radical (unpaired) electrons. The molecule has 1 amide bonds. The van der Waals surface area contributed by atoms with Crippen LogP contribution in [0.15, 0.2) is 24.3 Å². The third kappa shape index (κ3) is 3.15. The smallest absolute Gasteiger partial charge is 0.244 e. The Morgan fingerprint density at radius 1 is 1.23 bits per heavy atom. The molecule has 120 valence electrons. The zero-order valence-corrected chi connectivity index (χ0v) is 13.1. The fourth-order valence-corrected chi connectivity index (χ4v) is 3.47. The molecule has 3 rings (SSSR count). The predicted octanol–water partition coefficient (Wildman–Crippen LogP) is 1.78. The van der Waals surface area contributed by atoms with E-state index in [9.17, 15) is 9.18 Å². The molecule has 4 nitrogen and oxygen atoms in total. The van der Waals surface area contributed by atoms with Crippen LogP contribution in [0.3, 0.4) is 0 Å². The molecular weight excluding hydrogens is 281 g/mol. The summed E-state index contributed by atoms with van der Waals surface area (Å²) in [5.41, 5.74) is 0.895. The summed E-state index contributed by atoms with van der Waals surface area (Å²) in [6.45, 7) is 6.43. The highest BCUT2D eigenvalue weighted by Crippen LogP contribution is 2.28. The number of nitrogens with zero attached hydrogens (tertiary/aromatic N) is 2. The molecule has 0 saturated carbocycles. The highest BCUT2D eigenvalue weighted by molar-refractivity contribution is 5.83. The minimum absolute atomic E-state index is 0.165. The maximum Gasteiger partial charge on any atom is 0.244 e. The molecule has 0 spiro atoms. The lowest BCUT2D eigenvalue weighted by molar-refractivity contribution is -0.137. The number of hydrogen-bond donors (Lipinski definition) is 1. The molecule has 0 aromatic heterocycles. The molecule has 0 bridgehead atoms. The highest BCUT2D eigenvalue weighted by atomic mass is 19.1. The number of hydrogen-bond acceptors (Lipinski definition) is 3. The van der Waals surface area contributed by atoms with Gasteiger partial charge in [-0.15, -0.1) is 0 Å². The first-order valence-corrected chi connectivity index (χ1v) is 8.17. The van der Waals surface area contributed by atoms with Crippen LogP contribution in [0.4, 0.5) is 4.39 Å². The Morgan fingerprint density at radius 2 is 1.91 bits per heavy atom. The standard InChI is InChI=1S/C17H24FN3O/c1-13-12-19-8-11-21(13)16(14-4-6-15(18)7-5-14)17(22)20-9-2-3-10-20/h4-7,13,16,19H,2-3,8-12H2,1H3. The van der Waals surface area contributed by atoms with Crippen LogP contribution in [0.1, 0.15) is 31.4 Å². The van der Waals surface area contributed by atoms with Crippen molar-refractivity contribution in [1.82, 2.24) is 15.1 Å². The summed E-state index contributed by atoms with van der Waals surface area (Å²) >= 11 is 0. The van der Waals surface area contributed by atoms with Gasteiger partial charge in [-0.3, -0.25) is 9.69 Å². The number of likely N-dealkylation sites (tertiary alicyclic amines) is 1. The minimum atomic E-state index is -0.296. The second kappa shape index (κ2) is 6.75. The molecule has 5 heteroatoms.